The maximum Gasteiger partial charge on any atom is 0.220 e. The molecule has 1 aromatic carbocycles. The third-order valence-corrected chi connectivity index (χ3v) is 4.90. The van der Waals surface area contributed by atoms with Crippen molar-refractivity contribution >= 4 is 11.7 Å². The van der Waals surface area contributed by atoms with Crippen LogP contribution >= 0.6 is 0 Å². The highest BCUT2D eigenvalue weighted by Gasteiger charge is 2.18. The zero-order chi connectivity index (χ0) is 22.2. The number of aliphatic hydroxyl groups excluding tert-OH is 1. The maximum atomic E-state index is 12.8. The average molecular weight is 423 g/mol. The topological polar surface area (TPSA) is 121 Å². The molecule has 0 bridgehead atoms. The number of halogens is 1. The van der Waals surface area contributed by atoms with E-state index in [1.807, 2.05) is 25.1 Å². The SMILES string of the molecule is Cc1nc(N)nc2c1C(=N)CCC2.Fc1cccc(-c2cccnc2)c1.OC1CNC1. The van der Waals surface area contributed by atoms with E-state index < -0.39 is 0 Å². The molecule has 5 N–H and O–H groups in total. The molecule has 0 unspecified atom stereocenters. The predicted octanol–water partition coefficient (Wildman–Crippen LogP) is 2.91. The summed E-state index contributed by atoms with van der Waals surface area (Å²) in [6.45, 7) is 3.47. The van der Waals surface area contributed by atoms with Crippen molar-refractivity contribution in [1.29, 1.82) is 5.41 Å². The van der Waals surface area contributed by atoms with Crippen molar-refractivity contribution < 1.29 is 9.50 Å². The number of aliphatic hydroxyl groups is 1. The van der Waals surface area contributed by atoms with Gasteiger partial charge in [-0.15, -0.1) is 0 Å². The van der Waals surface area contributed by atoms with Crippen molar-refractivity contribution in [3.05, 3.63) is 71.6 Å². The molecule has 1 saturated heterocycles. The molecule has 1 fully saturated rings. The summed E-state index contributed by atoms with van der Waals surface area (Å²) in [7, 11) is 0. The van der Waals surface area contributed by atoms with Gasteiger partial charge in [0.25, 0.3) is 0 Å². The van der Waals surface area contributed by atoms with Crippen LogP contribution in [0.4, 0.5) is 10.3 Å². The number of nitrogen functional groups attached to an aromatic ring is 1. The van der Waals surface area contributed by atoms with E-state index in [-0.39, 0.29) is 11.9 Å². The number of benzene rings is 1. The van der Waals surface area contributed by atoms with Crippen LogP contribution in [0.3, 0.4) is 0 Å². The predicted molar refractivity (Wildman–Crippen MR) is 119 cm³/mol. The molecule has 5 rings (SSSR count). The molecule has 1 aliphatic carbocycles. The first kappa shape index (κ1) is 22.5. The van der Waals surface area contributed by atoms with Crippen molar-refractivity contribution in [1.82, 2.24) is 20.3 Å². The Bertz CT molecular complexity index is 1020. The molecule has 0 spiro atoms. The Labute approximate surface area is 181 Å². The van der Waals surface area contributed by atoms with Gasteiger partial charge in [-0.2, -0.15) is 0 Å². The van der Waals surface area contributed by atoms with E-state index in [0.717, 1.165) is 60.4 Å². The van der Waals surface area contributed by atoms with Crippen LogP contribution in [-0.2, 0) is 6.42 Å². The minimum absolute atomic E-state index is 0.0463. The summed E-state index contributed by atoms with van der Waals surface area (Å²) in [4.78, 5) is 12.2. The molecular weight excluding hydrogens is 395 g/mol. The number of β-amino-alcohol motifs (C(OH)–C–C–N with tert-alkyl or cyclic N) is 1. The van der Waals surface area contributed by atoms with E-state index in [0.29, 0.717) is 11.7 Å². The van der Waals surface area contributed by atoms with Gasteiger partial charge in [0.15, 0.2) is 0 Å². The molecule has 0 saturated carbocycles. The summed E-state index contributed by atoms with van der Waals surface area (Å²) in [6.07, 6.45) is 6.13. The second kappa shape index (κ2) is 10.7. The number of aromatic nitrogens is 3. The lowest BCUT2D eigenvalue weighted by Crippen LogP contribution is -2.46. The minimum Gasteiger partial charge on any atom is -0.390 e. The third-order valence-electron chi connectivity index (χ3n) is 4.90. The summed E-state index contributed by atoms with van der Waals surface area (Å²) in [5.41, 5.74) is 10.7. The van der Waals surface area contributed by atoms with Gasteiger partial charge >= 0.3 is 0 Å². The Morgan fingerprint density at radius 2 is 1.87 bits per heavy atom. The van der Waals surface area contributed by atoms with E-state index >= 15 is 0 Å². The molecule has 0 amide bonds. The largest absolute Gasteiger partial charge is 0.390 e. The van der Waals surface area contributed by atoms with Gasteiger partial charge in [0.2, 0.25) is 5.95 Å². The fourth-order valence-corrected chi connectivity index (χ4v) is 3.26. The highest BCUT2D eigenvalue weighted by molar-refractivity contribution is 6.01. The lowest BCUT2D eigenvalue weighted by molar-refractivity contribution is 0.117. The molecular formula is C23H27FN6O. The van der Waals surface area contributed by atoms with Crippen LogP contribution in [0.25, 0.3) is 11.1 Å². The van der Waals surface area contributed by atoms with Crippen molar-refractivity contribution in [3.63, 3.8) is 0 Å². The monoisotopic (exact) mass is 422 g/mol. The van der Waals surface area contributed by atoms with Crippen LogP contribution in [0.1, 0.15) is 29.8 Å². The molecule has 0 atom stereocenters. The smallest absolute Gasteiger partial charge is 0.220 e. The summed E-state index contributed by atoms with van der Waals surface area (Å²) < 4.78 is 12.8. The van der Waals surface area contributed by atoms with Gasteiger partial charge < -0.3 is 21.6 Å². The van der Waals surface area contributed by atoms with E-state index in [1.54, 1.807) is 18.5 Å². The molecule has 2 aliphatic rings. The quantitative estimate of drug-likeness (QED) is 0.479. The molecule has 0 radical (unpaired) electrons. The van der Waals surface area contributed by atoms with Crippen molar-refractivity contribution in [3.8, 4) is 11.1 Å². The number of nitrogens with zero attached hydrogens (tertiary/aromatic N) is 3. The fourth-order valence-electron chi connectivity index (χ4n) is 3.26. The van der Waals surface area contributed by atoms with Gasteiger partial charge in [-0.1, -0.05) is 18.2 Å². The summed E-state index contributed by atoms with van der Waals surface area (Å²) in [5.74, 6) is 0.104. The Morgan fingerprint density at radius 1 is 1.13 bits per heavy atom. The van der Waals surface area contributed by atoms with E-state index in [1.165, 1.54) is 12.1 Å². The second-order valence-electron chi connectivity index (χ2n) is 7.39. The third kappa shape index (κ3) is 6.37. The summed E-state index contributed by atoms with van der Waals surface area (Å²) in [6, 6.07) is 10.2. The molecule has 162 valence electrons. The number of nitrogens with two attached hydrogens (primary N) is 1. The lowest BCUT2D eigenvalue weighted by Gasteiger charge is -2.20. The number of nitrogens with one attached hydrogen (secondary N) is 2. The Morgan fingerprint density at radius 3 is 2.48 bits per heavy atom. The minimum atomic E-state index is -0.221. The highest BCUT2D eigenvalue weighted by atomic mass is 19.1. The van der Waals surface area contributed by atoms with Crippen LogP contribution in [0.15, 0.2) is 48.8 Å². The zero-order valence-electron chi connectivity index (χ0n) is 17.5. The normalized spacial score (nSPS) is 14.9. The number of hydrogen-bond donors (Lipinski definition) is 4. The van der Waals surface area contributed by atoms with E-state index in [9.17, 15) is 4.39 Å². The Hall–Kier alpha value is -3.23. The van der Waals surface area contributed by atoms with Crippen molar-refractivity contribution in [2.45, 2.75) is 32.3 Å². The number of rotatable bonds is 1. The van der Waals surface area contributed by atoms with Crippen LogP contribution in [-0.4, -0.2) is 45.0 Å². The van der Waals surface area contributed by atoms with Crippen LogP contribution in [0.2, 0.25) is 0 Å². The van der Waals surface area contributed by atoms with Crippen molar-refractivity contribution in [2.24, 2.45) is 0 Å². The zero-order valence-corrected chi connectivity index (χ0v) is 17.5. The van der Waals surface area contributed by atoms with Gasteiger partial charge in [0.1, 0.15) is 5.82 Å². The molecule has 2 aromatic heterocycles. The Balaban J connectivity index is 0.000000144. The summed E-state index contributed by atoms with van der Waals surface area (Å²) >= 11 is 0. The number of aryl methyl sites for hydroxylation is 2. The van der Waals surface area contributed by atoms with E-state index in [4.69, 9.17) is 16.2 Å². The first-order chi connectivity index (χ1) is 14.9. The standard InChI is InChI=1S/C11H8FN.C9H12N4.C3H7NO/c12-11-5-1-3-9(7-11)10-4-2-6-13-8-10;1-5-8-6(10)3-2-4-7(8)13-9(11)12-5;5-3-1-4-2-3/h1-8H;10H,2-4H2,1H3,(H2,11,12,13);3-5H,1-2H2. The second-order valence-corrected chi connectivity index (χ2v) is 7.39. The van der Waals surface area contributed by atoms with Gasteiger partial charge in [0, 0.05) is 42.3 Å². The molecule has 31 heavy (non-hydrogen) atoms. The molecule has 3 heterocycles. The Kier molecular flexibility index (Phi) is 7.75. The van der Waals surface area contributed by atoms with Gasteiger partial charge in [0.05, 0.1) is 17.5 Å². The molecule has 1 aliphatic heterocycles. The number of anilines is 1. The molecule has 7 nitrogen and oxygen atoms in total. The average Bonchev–Trinajstić information content (AvgIpc) is 2.73. The first-order valence-electron chi connectivity index (χ1n) is 10.2. The number of pyridine rings is 1. The summed E-state index contributed by atoms with van der Waals surface area (Å²) in [5, 5.41) is 19.1. The highest BCUT2D eigenvalue weighted by Crippen LogP contribution is 2.22. The van der Waals surface area contributed by atoms with Gasteiger partial charge in [-0.05, 0) is 49.9 Å². The molecule has 3 aromatic rings. The van der Waals surface area contributed by atoms with Crippen LogP contribution in [0, 0.1) is 18.2 Å². The van der Waals surface area contributed by atoms with E-state index in [2.05, 4.69) is 20.3 Å². The van der Waals surface area contributed by atoms with Gasteiger partial charge in [-0.25, -0.2) is 14.4 Å². The number of hydrogen-bond acceptors (Lipinski definition) is 7. The molecule has 8 heteroatoms. The fraction of sp³-hybridized carbons (Fsp3) is 0.304. The van der Waals surface area contributed by atoms with Gasteiger partial charge in [-0.3, -0.25) is 4.98 Å². The first-order valence-corrected chi connectivity index (χ1v) is 10.2. The maximum absolute atomic E-state index is 12.8. The van der Waals surface area contributed by atoms with Crippen LogP contribution in [0.5, 0.6) is 0 Å². The number of fused-ring (bicyclic) bond motifs is 1. The van der Waals surface area contributed by atoms with Crippen molar-refractivity contribution in [2.75, 3.05) is 18.8 Å². The van der Waals surface area contributed by atoms with Crippen LogP contribution < -0.4 is 11.1 Å². The lowest BCUT2D eigenvalue weighted by atomic mass is 9.93.